The van der Waals surface area contributed by atoms with E-state index in [0.29, 0.717) is 19.5 Å². The number of nitrogens with zero attached hydrogens (tertiary/aromatic N) is 1. The topological polar surface area (TPSA) is 107 Å². The Hall–Kier alpha value is -3.46. The molecule has 2 amide bonds. The number of alkyl carbamates (subject to hydrolysis) is 1. The van der Waals surface area contributed by atoms with Gasteiger partial charge in [-0.3, -0.25) is 4.79 Å². The number of rotatable bonds is 5. The third kappa shape index (κ3) is 6.40. The van der Waals surface area contributed by atoms with Gasteiger partial charge in [-0.1, -0.05) is 12.1 Å². The predicted molar refractivity (Wildman–Crippen MR) is 153 cm³/mol. The van der Waals surface area contributed by atoms with E-state index in [0.717, 1.165) is 29.0 Å². The summed E-state index contributed by atoms with van der Waals surface area (Å²) in [6.45, 7) is 10.6. The summed E-state index contributed by atoms with van der Waals surface area (Å²) in [5, 5.41) is 12.5. The van der Waals surface area contributed by atoms with Gasteiger partial charge in [0.15, 0.2) is 0 Å². The summed E-state index contributed by atoms with van der Waals surface area (Å²) in [4.78, 5) is 28.5. The minimum atomic E-state index is -0.806. The lowest BCUT2D eigenvalue weighted by molar-refractivity contribution is -0.189. The summed E-state index contributed by atoms with van der Waals surface area (Å²) in [5.74, 6) is 1.80. The molecule has 0 saturated carbocycles. The average molecular weight is 567 g/mol. The fraction of sp³-hybridized carbons (Fsp3) is 0.562. The molecule has 9 nitrogen and oxygen atoms in total. The van der Waals surface area contributed by atoms with Gasteiger partial charge in [0.05, 0.1) is 19.3 Å². The van der Waals surface area contributed by atoms with Crippen LogP contribution in [-0.4, -0.2) is 65.6 Å². The SMILES string of the molecule is COc1ccc2c(c1)OC(C)(C)[C@H]1C[C@@H]3CN(C(=O)[C@H](Cc4ccc(O)cc4)NC(=O)OC(C)(C)C)CC[C@@H]3O[C@H]21. The second-order valence-corrected chi connectivity index (χ2v) is 12.9. The van der Waals surface area contributed by atoms with E-state index < -0.39 is 23.3 Å². The van der Waals surface area contributed by atoms with Crippen molar-refractivity contribution < 1.29 is 33.6 Å². The van der Waals surface area contributed by atoms with E-state index in [2.05, 4.69) is 19.2 Å². The zero-order chi connectivity index (χ0) is 29.5. The number of hydrogen-bond donors (Lipinski definition) is 2. The van der Waals surface area contributed by atoms with Crippen LogP contribution in [0.25, 0.3) is 0 Å². The van der Waals surface area contributed by atoms with Crippen molar-refractivity contribution in [3.63, 3.8) is 0 Å². The third-order valence-corrected chi connectivity index (χ3v) is 8.38. The molecular formula is C32H42N2O7. The number of ether oxygens (including phenoxy) is 4. The molecule has 0 aromatic heterocycles. The van der Waals surface area contributed by atoms with Gasteiger partial charge in [0.1, 0.15) is 34.5 Å². The maximum Gasteiger partial charge on any atom is 0.408 e. The highest BCUT2D eigenvalue weighted by Gasteiger charge is 2.52. The fourth-order valence-corrected chi connectivity index (χ4v) is 6.35. The van der Waals surface area contributed by atoms with Crippen molar-refractivity contribution in [2.45, 2.75) is 83.3 Å². The molecule has 0 radical (unpaired) electrons. The Labute approximate surface area is 242 Å². The van der Waals surface area contributed by atoms with Crippen LogP contribution in [0.4, 0.5) is 4.79 Å². The van der Waals surface area contributed by atoms with Crippen LogP contribution >= 0.6 is 0 Å². The first-order chi connectivity index (χ1) is 19.3. The average Bonchev–Trinajstić information content (AvgIpc) is 2.90. The number of carbonyl (C=O) groups excluding carboxylic acids is 2. The molecule has 0 unspecified atom stereocenters. The molecule has 5 rings (SSSR count). The van der Waals surface area contributed by atoms with Gasteiger partial charge in [0.25, 0.3) is 0 Å². The van der Waals surface area contributed by atoms with Crippen LogP contribution in [-0.2, 0) is 20.7 Å². The Morgan fingerprint density at radius 1 is 1.17 bits per heavy atom. The number of fused-ring (bicyclic) bond motifs is 4. The zero-order valence-electron chi connectivity index (χ0n) is 24.8. The highest BCUT2D eigenvalue weighted by molar-refractivity contribution is 5.86. The van der Waals surface area contributed by atoms with Crippen molar-refractivity contribution >= 4 is 12.0 Å². The van der Waals surface area contributed by atoms with Crippen molar-refractivity contribution in [3.05, 3.63) is 53.6 Å². The maximum absolute atomic E-state index is 13.9. The van der Waals surface area contributed by atoms with Gasteiger partial charge in [-0.05, 0) is 77.3 Å². The van der Waals surface area contributed by atoms with E-state index in [1.807, 2.05) is 23.1 Å². The van der Waals surface area contributed by atoms with Gasteiger partial charge >= 0.3 is 6.09 Å². The number of carbonyl (C=O) groups is 2. The van der Waals surface area contributed by atoms with Crippen molar-refractivity contribution in [3.8, 4) is 17.2 Å². The number of nitrogens with one attached hydrogen (secondary N) is 1. The predicted octanol–water partition coefficient (Wildman–Crippen LogP) is 5.00. The first kappa shape index (κ1) is 29.0. The number of piperidine rings is 1. The number of phenolic OH excluding ortho intramolecular Hbond substituents is 1. The van der Waals surface area contributed by atoms with Gasteiger partial charge < -0.3 is 34.3 Å². The number of likely N-dealkylation sites (tertiary alicyclic amines) is 1. The summed E-state index contributed by atoms with van der Waals surface area (Å²) < 4.78 is 24.1. The van der Waals surface area contributed by atoms with Crippen molar-refractivity contribution in [1.82, 2.24) is 10.2 Å². The molecular weight excluding hydrogens is 524 g/mol. The summed E-state index contributed by atoms with van der Waals surface area (Å²) >= 11 is 0. The molecule has 2 aromatic carbocycles. The summed E-state index contributed by atoms with van der Waals surface area (Å²) in [6.07, 6.45) is 1.16. The van der Waals surface area contributed by atoms with Crippen molar-refractivity contribution in [2.24, 2.45) is 11.8 Å². The normalized spacial score (nSPS) is 25.5. The van der Waals surface area contributed by atoms with E-state index >= 15 is 0 Å². The van der Waals surface area contributed by atoms with E-state index in [1.165, 1.54) is 0 Å². The fourth-order valence-electron chi connectivity index (χ4n) is 6.35. The third-order valence-electron chi connectivity index (χ3n) is 8.38. The minimum Gasteiger partial charge on any atom is -0.508 e. The quantitative estimate of drug-likeness (QED) is 0.525. The van der Waals surface area contributed by atoms with Crippen LogP contribution in [0.5, 0.6) is 17.2 Å². The van der Waals surface area contributed by atoms with Crippen LogP contribution in [0.2, 0.25) is 0 Å². The standard InChI is InChI=1S/C32H42N2O7/c1-31(2,3)41-30(37)33-25(15-19-7-9-21(35)10-8-19)29(36)34-14-13-26-20(18-34)16-24-28(39-26)23-12-11-22(38-6)17-27(23)40-32(24,4)5/h7-12,17,20,24-26,28,35H,13-16,18H2,1-6H3,(H,33,37)/t20-,24+,25+,26+,28-/m1/s1. The molecule has 9 heteroatoms. The minimum absolute atomic E-state index is 0.0264. The molecule has 2 fully saturated rings. The number of phenols is 1. The number of amides is 2. The first-order valence-corrected chi connectivity index (χ1v) is 14.4. The Kier molecular flexibility index (Phi) is 7.85. The lowest BCUT2D eigenvalue weighted by atomic mass is 9.70. The van der Waals surface area contributed by atoms with E-state index in [4.69, 9.17) is 18.9 Å². The zero-order valence-corrected chi connectivity index (χ0v) is 24.8. The van der Waals surface area contributed by atoms with E-state index in [9.17, 15) is 14.7 Å². The summed E-state index contributed by atoms with van der Waals surface area (Å²) in [6, 6.07) is 11.8. The summed E-state index contributed by atoms with van der Waals surface area (Å²) in [7, 11) is 1.65. The lowest BCUT2D eigenvalue weighted by Crippen LogP contribution is -2.58. The van der Waals surface area contributed by atoms with Gasteiger partial charge in [0, 0.05) is 43.0 Å². The number of benzene rings is 2. The first-order valence-electron chi connectivity index (χ1n) is 14.4. The number of hydrogen-bond acceptors (Lipinski definition) is 7. The van der Waals surface area contributed by atoms with Crippen LogP contribution in [0.15, 0.2) is 42.5 Å². The Morgan fingerprint density at radius 2 is 1.90 bits per heavy atom. The van der Waals surface area contributed by atoms with Crippen molar-refractivity contribution in [1.29, 1.82) is 0 Å². The molecule has 3 aliphatic rings. The molecule has 3 aliphatic heterocycles. The Morgan fingerprint density at radius 3 is 2.59 bits per heavy atom. The number of aromatic hydroxyl groups is 1. The largest absolute Gasteiger partial charge is 0.508 e. The Bertz CT molecular complexity index is 1270. The van der Waals surface area contributed by atoms with Gasteiger partial charge in [-0.25, -0.2) is 4.79 Å². The molecule has 222 valence electrons. The van der Waals surface area contributed by atoms with Crippen molar-refractivity contribution in [2.75, 3.05) is 20.2 Å². The van der Waals surface area contributed by atoms with Crippen LogP contribution < -0.4 is 14.8 Å². The second kappa shape index (κ2) is 11.1. The number of methoxy groups -OCH3 is 1. The molecule has 2 N–H and O–H groups in total. The highest BCUT2D eigenvalue weighted by Crippen LogP contribution is 2.53. The highest BCUT2D eigenvalue weighted by atomic mass is 16.6. The molecule has 5 atom stereocenters. The smallest absolute Gasteiger partial charge is 0.408 e. The molecule has 2 saturated heterocycles. The van der Waals surface area contributed by atoms with Crippen LogP contribution in [0.1, 0.15) is 64.7 Å². The van der Waals surface area contributed by atoms with E-state index in [-0.39, 0.29) is 42.1 Å². The van der Waals surface area contributed by atoms with Crippen LogP contribution in [0, 0.1) is 11.8 Å². The molecule has 41 heavy (non-hydrogen) atoms. The van der Waals surface area contributed by atoms with Gasteiger partial charge in [0.2, 0.25) is 5.91 Å². The maximum atomic E-state index is 13.9. The monoisotopic (exact) mass is 566 g/mol. The summed E-state index contributed by atoms with van der Waals surface area (Å²) in [5.41, 5.74) is 0.722. The molecule has 0 bridgehead atoms. The van der Waals surface area contributed by atoms with Crippen LogP contribution in [0.3, 0.4) is 0 Å². The Balaban J connectivity index is 1.32. The molecule has 0 spiro atoms. The molecule has 3 heterocycles. The van der Waals surface area contributed by atoms with Gasteiger partial charge in [-0.2, -0.15) is 0 Å². The lowest BCUT2D eigenvalue weighted by Gasteiger charge is -2.53. The molecule has 2 aromatic rings. The van der Waals surface area contributed by atoms with E-state index in [1.54, 1.807) is 52.1 Å². The second-order valence-electron chi connectivity index (χ2n) is 12.9. The molecule has 0 aliphatic carbocycles. The van der Waals surface area contributed by atoms with Gasteiger partial charge in [-0.15, -0.1) is 0 Å².